The van der Waals surface area contributed by atoms with Gasteiger partial charge in [0.1, 0.15) is 0 Å². The smallest absolute Gasteiger partial charge is 0.337 e. The van der Waals surface area contributed by atoms with Crippen LogP contribution in [0.2, 0.25) is 0 Å². The molecule has 0 unspecified atom stereocenters. The van der Waals surface area contributed by atoms with Crippen LogP contribution in [0.25, 0.3) is 0 Å². The van der Waals surface area contributed by atoms with E-state index in [1.54, 1.807) is 6.07 Å². The van der Waals surface area contributed by atoms with E-state index in [1.807, 2.05) is 6.92 Å². The SMILES string of the molecule is CCc1ccc(NS(C)(=O)=O)c(C(=O)O)c1. The van der Waals surface area contributed by atoms with Crippen LogP contribution in [0.4, 0.5) is 5.69 Å². The van der Waals surface area contributed by atoms with Gasteiger partial charge < -0.3 is 5.11 Å². The number of carbonyl (C=O) groups is 1. The van der Waals surface area contributed by atoms with Gasteiger partial charge in [-0.15, -0.1) is 0 Å². The first-order chi connectivity index (χ1) is 7.33. The van der Waals surface area contributed by atoms with E-state index in [-0.39, 0.29) is 11.3 Å². The fourth-order valence-electron chi connectivity index (χ4n) is 1.28. The monoisotopic (exact) mass is 243 g/mol. The summed E-state index contributed by atoms with van der Waals surface area (Å²) in [6.45, 7) is 1.89. The van der Waals surface area contributed by atoms with Crippen molar-refractivity contribution in [2.45, 2.75) is 13.3 Å². The van der Waals surface area contributed by atoms with Gasteiger partial charge in [-0.2, -0.15) is 0 Å². The number of carboxylic acid groups (broad SMARTS) is 1. The molecule has 0 aliphatic heterocycles. The molecular weight excluding hydrogens is 230 g/mol. The molecule has 1 rings (SSSR count). The van der Waals surface area contributed by atoms with Crippen LogP contribution in [-0.2, 0) is 16.4 Å². The summed E-state index contributed by atoms with van der Waals surface area (Å²) in [6, 6.07) is 4.62. The summed E-state index contributed by atoms with van der Waals surface area (Å²) in [6.07, 6.45) is 1.67. The van der Waals surface area contributed by atoms with Gasteiger partial charge in [0.15, 0.2) is 0 Å². The second-order valence-corrected chi connectivity index (χ2v) is 5.16. The molecule has 0 spiro atoms. The summed E-state index contributed by atoms with van der Waals surface area (Å²) in [7, 11) is -3.47. The fourth-order valence-corrected chi connectivity index (χ4v) is 1.85. The van der Waals surface area contributed by atoms with Gasteiger partial charge in [0.2, 0.25) is 10.0 Å². The van der Waals surface area contributed by atoms with E-state index in [4.69, 9.17) is 5.11 Å². The second kappa shape index (κ2) is 4.52. The van der Waals surface area contributed by atoms with Gasteiger partial charge in [-0.25, -0.2) is 13.2 Å². The molecule has 0 fully saturated rings. The summed E-state index contributed by atoms with van der Waals surface area (Å²) in [5.74, 6) is -1.15. The Kier molecular flexibility index (Phi) is 3.54. The van der Waals surface area contributed by atoms with Gasteiger partial charge in [-0.05, 0) is 24.1 Å². The lowest BCUT2D eigenvalue weighted by atomic mass is 10.1. The molecule has 2 N–H and O–H groups in total. The Balaban J connectivity index is 3.23. The van der Waals surface area contributed by atoms with Gasteiger partial charge in [-0.3, -0.25) is 4.72 Å². The van der Waals surface area contributed by atoms with E-state index < -0.39 is 16.0 Å². The summed E-state index contributed by atoms with van der Waals surface area (Å²) >= 11 is 0. The third kappa shape index (κ3) is 3.23. The van der Waals surface area contributed by atoms with E-state index in [1.165, 1.54) is 12.1 Å². The molecule has 0 aromatic heterocycles. The molecule has 0 aliphatic rings. The number of aromatic carboxylic acids is 1. The van der Waals surface area contributed by atoms with Crippen LogP contribution >= 0.6 is 0 Å². The Bertz CT molecular complexity index is 508. The van der Waals surface area contributed by atoms with Gasteiger partial charge >= 0.3 is 5.97 Å². The normalized spacial score (nSPS) is 11.1. The Labute approximate surface area is 94.2 Å². The summed E-state index contributed by atoms with van der Waals surface area (Å²) in [4.78, 5) is 10.9. The zero-order chi connectivity index (χ0) is 12.3. The van der Waals surface area contributed by atoms with Gasteiger partial charge in [0, 0.05) is 0 Å². The zero-order valence-electron chi connectivity index (χ0n) is 9.02. The minimum absolute atomic E-state index is 0.0372. The molecular formula is C10H13NO4S. The number of sulfonamides is 1. The second-order valence-electron chi connectivity index (χ2n) is 3.41. The third-order valence-electron chi connectivity index (χ3n) is 2.02. The summed E-state index contributed by atoms with van der Waals surface area (Å²) < 4.78 is 24.2. The van der Waals surface area contributed by atoms with E-state index >= 15 is 0 Å². The average molecular weight is 243 g/mol. The zero-order valence-corrected chi connectivity index (χ0v) is 9.84. The van der Waals surface area contributed by atoms with E-state index in [0.717, 1.165) is 11.8 Å². The molecule has 88 valence electrons. The summed E-state index contributed by atoms with van der Waals surface area (Å²) in [5, 5.41) is 8.95. The van der Waals surface area contributed by atoms with Crippen molar-refractivity contribution in [2.24, 2.45) is 0 Å². The standard InChI is InChI=1S/C10H13NO4S/c1-3-7-4-5-9(11-16(2,14)15)8(6-7)10(12)13/h4-6,11H,3H2,1-2H3,(H,12,13). The van der Waals surface area contributed by atoms with E-state index in [0.29, 0.717) is 6.42 Å². The average Bonchev–Trinajstić information content (AvgIpc) is 2.15. The number of hydrogen-bond acceptors (Lipinski definition) is 3. The molecule has 0 amide bonds. The van der Waals surface area contributed by atoms with E-state index in [2.05, 4.69) is 4.72 Å². The lowest BCUT2D eigenvalue weighted by molar-refractivity contribution is 0.0698. The highest BCUT2D eigenvalue weighted by molar-refractivity contribution is 7.92. The molecule has 16 heavy (non-hydrogen) atoms. The third-order valence-corrected chi connectivity index (χ3v) is 2.61. The van der Waals surface area contributed by atoms with Crippen LogP contribution in [-0.4, -0.2) is 25.7 Å². The number of benzene rings is 1. The van der Waals surface area contributed by atoms with Crippen LogP contribution in [0.15, 0.2) is 18.2 Å². The van der Waals surface area contributed by atoms with Crippen molar-refractivity contribution >= 4 is 21.7 Å². The molecule has 0 radical (unpaired) electrons. The molecule has 0 aliphatic carbocycles. The van der Waals surface area contributed by atoms with Gasteiger partial charge in [0.25, 0.3) is 0 Å². The molecule has 0 saturated carbocycles. The van der Waals surface area contributed by atoms with Crippen LogP contribution in [0.3, 0.4) is 0 Å². The van der Waals surface area contributed by atoms with Crippen LogP contribution in [0.5, 0.6) is 0 Å². The van der Waals surface area contributed by atoms with Crippen molar-refractivity contribution in [3.8, 4) is 0 Å². The number of aryl methyl sites for hydroxylation is 1. The quantitative estimate of drug-likeness (QED) is 0.835. The lowest BCUT2D eigenvalue weighted by Gasteiger charge is -2.08. The lowest BCUT2D eigenvalue weighted by Crippen LogP contribution is -2.13. The topological polar surface area (TPSA) is 83.5 Å². The van der Waals surface area contributed by atoms with E-state index in [9.17, 15) is 13.2 Å². The number of hydrogen-bond donors (Lipinski definition) is 2. The highest BCUT2D eigenvalue weighted by Crippen LogP contribution is 2.19. The van der Waals surface area contributed by atoms with Crippen molar-refractivity contribution < 1.29 is 18.3 Å². The first kappa shape index (κ1) is 12.5. The summed E-state index contributed by atoms with van der Waals surface area (Å²) in [5.41, 5.74) is 0.897. The first-order valence-corrected chi connectivity index (χ1v) is 6.56. The first-order valence-electron chi connectivity index (χ1n) is 4.67. The van der Waals surface area contributed by atoms with Crippen molar-refractivity contribution in [1.82, 2.24) is 0 Å². The van der Waals surface area contributed by atoms with Crippen LogP contribution in [0, 0.1) is 0 Å². The fraction of sp³-hybridized carbons (Fsp3) is 0.300. The number of carboxylic acids is 1. The number of nitrogens with one attached hydrogen (secondary N) is 1. The number of anilines is 1. The maximum absolute atomic E-state index is 11.0. The number of rotatable bonds is 4. The van der Waals surface area contributed by atoms with Crippen molar-refractivity contribution in [3.05, 3.63) is 29.3 Å². The molecule has 5 nitrogen and oxygen atoms in total. The largest absolute Gasteiger partial charge is 0.478 e. The highest BCUT2D eigenvalue weighted by Gasteiger charge is 2.13. The van der Waals surface area contributed by atoms with Crippen LogP contribution in [0.1, 0.15) is 22.8 Å². The molecule has 0 bridgehead atoms. The highest BCUT2D eigenvalue weighted by atomic mass is 32.2. The maximum atomic E-state index is 11.0. The van der Waals surface area contributed by atoms with Crippen molar-refractivity contribution in [1.29, 1.82) is 0 Å². The molecule has 1 aromatic carbocycles. The minimum atomic E-state index is -3.47. The molecule has 1 aromatic rings. The Morgan fingerprint density at radius 3 is 2.50 bits per heavy atom. The van der Waals surface area contributed by atoms with Gasteiger partial charge in [0.05, 0.1) is 17.5 Å². The predicted molar refractivity (Wildman–Crippen MR) is 61.2 cm³/mol. The van der Waals surface area contributed by atoms with Gasteiger partial charge in [-0.1, -0.05) is 13.0 Å². The molecule has 0 saturated heterocycles. The van der Waals surface area contributed by atoms with Crippen molar-refractivity contribution in [3.63, 3.8) is 0 Å². The molecule has 0 atom stereocenters. The molecule has 6 heteroatoms. The maximum Gasteiger partial charge on any atom is 0.337 e. The Hall–Kier alpha value is -1.56. The van der Waals surface area contributed by atoms with Crippen molar-refractivity contribution in [2.75, 3.05) is 11.0 Å². The Morgan fingerprint density at radius 1 is 1.44 bits per heavy atom. The van der Waals surface area contributed by atoms with Crippen LogP contribution < -0.4 is 4.72 Å². The predicted octanol–water partition coefficient (Wildman–Crippen LogP) is 1.32. The minimum Gasteiger partial charge on any atom is -0.478 e. The Morgan fingerprint density at radius 2 is 2.06 bits per heavy atom. The molecule has 0 heterocycles.